The molecule has 0 amide bonds. The summed E-state index contributed by atoms with van der Waals surface area (Å²) in [5.41, 5.74) is 2.09. The van der Waals surface area contributed by atoms with Gasteiger partial charge in [-0.2, -0.15) is 0 Å². The summed E-state index contributed by atoms with van der Waals surface area (Å²) in [6.45, 7) is 2.99. The van der Waals surface area contributed by atoms with Crippen LogP contribution in [-0.4, -0.2) is 22.1 Å². The monoisotopic (exact) mass is 221 g/mol. The van der Waals surface area contributed by atoms with Crippen LogP contribution in [0.25, 0.3) is 0 Å². The van der Waals surface area contributed by atoms with Crippen molar-refractivity contribution < 1.29 is 9.90 Å². The number of aliphatic hydroxyl groups excluding tert-OH is 1. The van der Waals surface area contributed by atoms with Gasteiger partial charge in [0.25, 0.3) is 0 Å². The molecule has 1 aromatic heterocycles. The number of carbonyl (C=O) groups excluding carboxylic acids is 1. The molecular weight excluding hydrogens is 202 g/mol. The molecule has 1 unspecified atom stereocenters. The van der Waals surface area contributed by atoms with Gasteiger partial charge in [-0.1, -0.05) is 6.92 Å². The Bertz CT molecular complexity index is 381. The van der Waals surface area contributed by atoms with Crippen LogP contribution in [0.3, 0.4) is 0 Å². The Morgan fingerprint density at radius 1 is 1.38 bits per heavy atom. The average molecular weight is 221 g/mol. The number of carbonyl (C=O) groups is 1. The van der Waals surface area contributed by atoms with Gasteiger partial charge in [-0.3, -0.25) is 4.79 Å². The van der Waals surface area contributed by atoms with Crippen LogP contribution in [0.1, 0.15) is 42.1 Å². The van der Waals surface area contributed by atoms with Crippen molar-refractivity contribution in [3.63, 3.8) is 0 Å². The zero-order valence-electron chi connectivity index (χ0n) is 9.78. The Labute approximate surface area is 96.1 Å². The second-order valence-electron chi connectivity index (χ2n) is 4.81. The summed E-state index contributed by atoms with van der Waals surface area (Å²) in [6.07, 6.45) is 7.85. The van der Waals surface area contributed by atoms with Gasteiger partial charge in [-0.25, -0.2) is 0 Å². The molecule has 1 heterocycles. The van der Waals surface area contributed by atoms with Crippen molar-refractivity contribution in [2.24, 2.45) is 5.92 Å². The molecule has 2 rings (SSSR count). The topological polar surface area (TPSA) is 42.2 Å². The molecule has 88 valence electrons. The first kappa shape index (κ1) is 11.4. The molecule has 1 atom stereocenters. The fourth-order valence-electron chi connectivity index (χ4n) is 2.26. The Balaban J connectivity index is 2.19. The Kier molecular flexibility index (Phi) is 3.44. The molecule has 16 heavy (non-hydrogen) atoms. The first-order valence-corrected chi connectivity index (χ1v) is 6.03. The van der Waals surface area contributed by atoms with E-state index in [4.69, 9.17) is 5.11 Å². The van der Waals surface area contributed by atoms with Gasteiger partial charge in [0.2, 0.25) is 0 Å². The Morgan fingerprint density at radius 2 is 2.12 bits per heavy atom. The van der Waals surface area contributed by atoms with Gasteiger partial charge in [0.1, 0.15) is 0 Å². The van der Waals surface area contributed by atoms with Crippen molar-refractivity contribution in [2.75, 3.05) is 6.61 Å². The minimum Gasteiger partial charge on any atom is -0.396 e. The van der Waals surface area contributed by atoms with Gasteiger partial charge in [0.15, 0.2) is 5.78 Å². The minimum atomic E-state index is 0.191. The third kappa shape index (κ3) is 2.35. The van der Waals surface area contributed by atoms with Crippen molar-refractivity contribution in [1.82, 2.24) is 4.57 Å². The zero-order valence-corrected chi connectivity index (χ0v) is 9.78. The molecule has 1 aliphatic rings. The number of nitrogens with zero attached hydrogens (tertiary/aromatic N) is 1. The van der Waals surface area contributed by atoms with Crippen LogP contribution in [0.5, 0.6) is 0 Å². The molecule has 0 aromatic carbocycles. The smallest absolute Gasteiger partial charge is 0.164 e. The van der Waals surface area contributed by atoms with E-state index in [0.29, 0.717) is 6.42 Å². The summed E-state index contributed by atoms with van der Waals surface area (Å²) in [5, 5.41) is 9.02. The highest BCUT2D eigenvalue weighted by Crippen LogP contribution is 2.22. The molecule has 0 fully saturated rings. The van der Waals surface area contributed by atoms with Crippen molar-refractivity contribution in [3.05, 3.63) is 23.5 Å². The minimum absolute atomic E-state index is 0.191. The first-order chi connectivity index (χ1) is 7.70. The van der Waals surface area contributed by atoms with E-state index >= 15 is 0 Å². The average Bonchev–Trinajstić information content (AvgIpc) is 2.59. The lowest BCUT2D eigenvalue weighted by atomic mass is 10.1. The lowest BCUT2D eigenvalue weighted by Gasteiger charge is -2.08. The van der Waals surface area contributed by atoms with Crippen LogP contribution in [-0.2, 0) is 13.0 Å². The predicted molar refractivity (Wildman–Crippen MR) is 62.6 cm³/mol. The van der Waals surface area contributed by atoms with Gasteiger partial charge in [0, 0.05) is 37.5 Å². The summed E-state index contributed by atoms with van der Waals surface area (Å²) in [6, 6.07) is 0. The van der Waals surface area contributed by atoms with Gasteiger partial charge in [0.05, 0.1) is 0 Å². The number of fused-ring (bicyclic) bond motifs is 1. The van der Waals surface area contributed by atoms with Gasteiger partial charge in [-0.05, 0) is 30.7 Å². The summed E-state index contributed by atoms with van der Waals surface area (Å²) in [4.78, 5) is 11.8. The summed E-state index contributed by atoms with van der Waals surface area (Å²) < 4.78 is 2.05. The molecular formula is C13H19NO2. The van der Waals surface area contributed by atoms with E-state index in [-0.39, 0.29) is 18.3 Å². The highest BCUT2D eigenvalue weighted by Gasteiger charge is 2.17. The summed E-state index contributed by atoms with van der Waals surface area (Å²) >= 11 is 0. The number of ketones is 1. The summed E-state index contributed by atoms with van der Waals surface area (Å²) in [5.74, 6) is 0.522. The molecule has 0 bridgehead atoms. The maximum absolute atomic E-state index is 11.8. The maximum atomic E-state index is 11.8. The molecule has 0 aliphatic heterocycles. The third-order valence-corrected chi connectivity index (χ3v) is 3.20. The first-order valence-electron chi connectivity index (χ1n) is 6.03. The molecule has 3 heteroatoms. The Morgan fingerprint density at radius 3 is 2.88 bits per heavy atom. The van der Waals surface area contributed by atoms with E-state index in [0.717, 1.165) is 31.4 Å². The standard InChI is InChI=1S/C13H19NO2/c1-10(9-15)6-14-7-11-4-2-3-5-13(16)12(11)8-14/h7-8,10,15H,2-6,9H2,1H3. The van der Waals surface area contributed by atoms with Crippen LogP contribution >= 0.6 is 0 Å². The molecule has 0 spiro atoms. The number of rotatable bonds is 3. The molecule has 0 radical (unpaired) electrons. The van der Waals surface area contributed by atoms with Crippen molar-refractivity contribution in [1.29, 1.82) is 0 Å². The van der Waals surface area contributed by atoms with Crippen LogP contribution in [0, 0.1) is 5.92 Å². The van der Waals surface area contributed by atoms with Gasteiger partial charge in [-0.15, -0.1) is 0 Å². The number of Topliss-reactive ketones (excluding diaryl/α,β-unsaturated/α-hetero) is 1. The third-order valence-electron chi connectivity index (χ3n) is 3.20. The number of hydrogen-bond acceptors (Lipinski definition) is 2. The van der Waals surface area contributed by atoms with Gasteiger partial charge >= 0.3 is 0 Å². The molecule has 0 saturated heterocycles. The number of hydrogen-bond donors (Lipinski definition) is 1. The number of aromatic nitrogens is 1. The number of aliphatic hydroxyl groups is 1. The van der Waals surface area contributed by atoms with Crippen LogP contribution in [0.15, 0.2) is 12.4 Å². The van der Waals surface area contributed by atoms with Crippen LogP contribution in [0.2, 0.25) is 0 Å². The van der Waals surface area contributed by atoms with Gasteiger partial charge < -0.3 is 9.67 Å². The quantitative estimate of drug-likeness (QED) is 0.793. The van der Waals surface area contributed by atoms with E-state index in [2.05, 4.69) is 10.8 Å². The lowest BCUT2D eigenvalue weighted by molar-refractivity contribution is 0.0982. The Hall–Kier alpha value is -1.09. The molecule has 1 aromatic rings. The summed E-state index contributed by atoms with van der Waals surface area (Å²) in [7, 11) is 0. The second kappa shape index (κ2) is 4.83. The van der Waals surface area contributed by atoms with Crippen LogP contribution < -0.4 is 0 Å². The SMILES string of the molecule is CC(CO)Cn1cc2c(c1)C(=O)CCCC2. The number of aryl methyl sites for hydroxylation is 1. The van der Waals surface area contributed by atoms with Crippen LogP contribution in [0.4, 0.5) is 0 Å². The van der Waals surface area contributed by atoms with E-state index in [1.807, 2.05) is 13.1 Å². The zero-order chi connectivity index (χ0) is 11.5. The normalized spacial score (nSPS) is 18.0. The molecule has 0 saturated carbocycles. The van der Waals surface area contributed by atoms with Crippen molar-refractivity contribution in [2.45, 2.75) is 39.2 Å². The molecule has 1 N–H and O–H groups in total. The van der Waals surface area contributed by atoms with E-state index in [1.165, 1.54) is 5.56 Å². The lowest BCUT2D eigenvalue weighted by Crippen LogP contribution is -2.09. The van der Waals surface area contributed by atoms with Crippen molar-refractivity contribution >= 4 is 5.78 Å². The fraction of sp³-hybridized carbons (Fsp3) is 0.615. The molecule has 3 nitrogen and oxygen atoms in total. The van der Waals surface area contributed by atoms with Crippen molar-refractivity contribution in [3.8, 4) is 0 Å². The highest BCUT2D eigenvalue weighted by molar-refractivity contribution is 5.97. The van der Waals surface area contributed by atoms with E-state index < -0.39 is 0 Å². The predicted octanol–water partition coefficient (Wildman–Crippen LogP) is 2.03. The second-order valence-corrected chi connectivity index (χ2v) is 4.81. The highest BCUT2D eigenvalue weighted by atomic mass is 16.3. The fourth-order valence-corrected chi connectivity index (χ4v) is 2.26. The van der Waals surface area contributed by atoms with E-state index in [9.17, 15) is 4.79 Å². The van der Waals surface area contributed by atoms with E-state index in [1.54, 1.807) is 0 Å². The maximum Gasteiger partial charge on any atom is 0.164 e. The largest absolute Gasteiger partial charge is 0.396 e. The molecule has 1 aliphatic carbocycles.